The summed E-state index contributed by atoms with van der Waals surface area (Å²) in [5, 5.41) is 0. The van der Waals surface area contributed by atoms with Gasteiger partial charge in [0.25, 0.3) is 0 Å². The van der Waals surface area contributed by atoms with Crippen molar-refractivity contribution in [1.29, 1.82) is 0 Å². The molecule has 3 nitrogen and oxygen atoms in total. The van der Waals surface area contributed by atoms with E-state index < -0.39 is 0 Å². The van der Waals surface area contributed by atoms with Crippen LogP contribution >= 0.6 is 0 Å². The molecule has 0 aliphatic carbocycles. The van der Waals surface area contributed by atoms with Gasteiger partial charge >= 0.3 is 0 Å². The molecule has 1 aromatic heterocycles. The van der Waals surface area contributed by atoms with Crippen LogP contribution in [0.1, 0.15) is 43.6 Å². The number of hydrogen-bond acceptors (Lipinski definition) is 3. The minimum Gasteiger partial charge on any atom is -0.491 e. The van der Waals surface area contributed by atoms with E-state index >= 15 is 0 Å². The first kappa shape index (κ1) is 14.5. The summed E-state index contributed by atoms with van der Waals surface area (Å²) in [6, 6.07) is 11.7. The van der Waals surface area contributed by atoms with Crippen molar-refractivity contribution in [3.63, 3.8) is 0 Å². The topological polar surface area (TPSA) is 48.1 Å². The highest BCUT2D eigenvalue weighted by molar-refractivity contribution is 5.41. The van der Waals surface area contributed by atoms with Crippen LogP contribution in [-0.2, 0) is 6.42 Å². The van der Waals surface area contributed by atoms with Gasteiger partial charge in [-0.15, -0.1) is 0 Å². The third kappa shape index (κ3) is 3.17. The first-order valence-electron chi connectivity index (χ1n) is 7.08. The lowest BCUT2D eigenvalue weighted by molar-refractivity contribution is 0.239. The lowest BCUT2D eigenvalue weighted by atomic mass is 9.98. The number of nitrogens with two attached hydrogens (primary N) is 1. The molecular formula is C17H22N2O. The van der Waals surface area contributed by atoms with E-state index in [1.807, 2.05) is 44.2 Å². The summed E-state index contributed by atoms with van der Waals surface area (Å²) in [7, 11) is 0. The lowest BCUT2D eigenvalue weighted by Crippen LogP contribution is -2.18. The summed E-state index contributed by atoms with van der Waals surface area (Å²) >= 11 is 0. The highest BCUT2D eigenvalue weighted by Gasteiger charge is 2.18. The Balaban J connectivity index is 2.40. The number of aryl methyl sites for hydroxylation is 1. The standard InChI is InChI=1S/C17H22N2O/c1-4-13-8-7-11-19-17(13)16(18)14-9-5-6-10-15(14)20-12(2)3/h5-12,16H,4,18H2,1-3H3. The number of benzene rings is 1. The van der Waals surface area contributed by atoms with Crippen molar-refractivity contribution in [3.05, 3.63) is 59.4 Å². The molecule has 0 spiro atoms. The fourth-order valence-electron chi connectivity index (χ4n) is 2.28. The highest BCUT2D eigenvalue weighted by atomic mass is 16.5. The van der Waals surface area contributed by atoms with Crippen molar-refractivity contribution in [2.45, 2.75) is 39.3 Å². The molecule has 0 saturated carbocycles. The van der Waals surface area contributed by atoms with Crippen LogP contribution in [-0.4, -0.2) is 11.1 Å². The molecule has 0 saturated heterocycles. The quantitative estimate of drug-likeness (QED) is 0.905. The van der Waals surface area contributed by atoms with Crippen molar-refractivity contribution >= 4 is 0 Å². The number of rotatable bonds is 5. The summed E-state index contributed by atoms with van der Waals surface area (Å²) in [6.07, 6.45) is 2.84. The third-order valence-electron chi connectivity index (χ3n) is 3.22. The van der Waals surface area contributed by atoms with Gasteiger partial charge in [0.2, 0.25) is 0 Å². The molecule has 1 atom stereocenters. The van der Waals surface area contributed by atoms with Crippen molar-refractivity contribution < 1.29 is 4.74 Å². The van der Waals surface area contributed by atoms with Crippen LogP contribution in [0.15, 0.2) is 42.6 Å². The second-order valence-electron chi connectivity index (χ2n) is 5.08. The summed E-state index contributed by atoms with van der Waals surface area (Å²) in [4.78, 5) is 4.47. The molecule has 0 fully saturated rings. The summed E-state index contributed by atoms with van der Waals surface area (Å²) in [5.41, 5.74) is 9.51. The number of ether oxygens (including phenoxy) is 1. The number of nitrogens with zero attached hydrogens (tertiary/aromatic N) is 1. The Hall–Kier alpha value is -1.87. The maximum Gasteiger partial charge on any atom is 0.124 e. The Bertz CT molecular complexity index is 566. The van der Waals surface area contributed by atoms with Gasteiger partial charge < -0.3 is 10.5 Å². The minimum absolute atomic E-state index is 0.123. The van der Waals surface area contributed by atoms with E-state index in [0.29, 0.717) is 0 Å². The molecule has 2 rings (SSSR count). The van der Waals surface area contributed by atoms with E-state index in [2.05, 4.69) is 18.0 Å². The average molecular weight is 270 g/mol. The predicted molar refractivity (Wildman–Crippen MR) is 81.9 cm³/mol. The molecular weight excluding hydrogens is 248 g/mol. The Morgan fingerprint density at radius 2 is 1.90 bits per heavy atom. The van der Waals surface area contributed by atoms with Crippen molar-refractivity contribution in [2.24, 2.45) is 5.73 Å². The summed E-state index contributed by atoms with van der Waals surface area (Å²) in [5.74, 6) is 0.836. The van der Waals surface area contributed by atoms with Gasteiger partial charge in [0.1, 0.15) is 5.75 Å². The summed E-state index contributed by atoms with van der Waals surface area (Å²) in [6.45, 7) is 6.14. The molecule has 1 aromatic carbocycles. The van der Waals surface area contributed by atoms with E-state index in [1.165, 1.54) is 5.56 Å². The van der Waals surface area contributed by atoms with Crippen LogP contribution in [0.3, 0.4) is 0 Å². The zero-order valence-corrected chi connectivity index (χ0v) is 12.3. The van der Waals surface area contributed by atoms with Gasteiger partial charge in [-0.3, -0.25) is 4.98 Å². The molecule has 20 heavy (non-hydrogen) atoms. The fraction of sp³-hybridized carbons (Fsp3) is 0.353. The monoisotopic (exact) mass is 270 g/mol. The molecule has 0 radical (unpaired) electrons. The van der Waals surface area contributed by atoms with Crippen LogP contribution in [0.25, 0.3) is 0 Å². The second-order valence-corrected chi connectivity index (χ2v) is 5.08. The summed E-state index contributed by atoms with van der Waals surface area (Å²) < 4.78 is 5.85. The number of para-hydroxylation sites is 1. The minimum atomic E-state index is -0.263. The van der Waals surface area contributed by atoms with Gasteiger partial charge in [-0.25, -0.2) is 0 Å². The third-order valence-corrected chi connectivity index (χ3v) is 3.22. The first-order valence-corrected chi connectivity index (χ1v) is 7.08. The van der Waals surface area contributed by atoms with Gasteiger partial charge in [0.15, 0.2) is 0 Å². The van der Waals surface area contributed by atoms with Gasteiger partial charge in [0.05, 0.1) is 17.8 Å². The van der Waals surface area contributed by atoms with Crippen LogP contribution in [0, 0.1) is 0 Å². The number of aromatic nitrogens is 1. The van der Waals surface area contributed by atoms with Gasteiger partial charge in [-0.1, -0.05) is 31.2 Å². The molecule has 2 N–H and O–H groups in total. The molecule has 0 aliphatic rings. The molecule has 106 valence electrons. The highest BCUT2D eigenvalue weighted by Crippen LogP contribution is 2.29. The van der Waals surface area contributed by atoms with Crippen LogP contribution < -0.4 is 10.5 Å². The van der Waals surface area contributed by atoms with Crippen LogP contribution in [0.5, 0.6) is 5.75 Å². The molecule has 0 bridgehead atoms. The van der Waals surface area contributed by atoms with E-state index in [0.717, 1.165) is 23.4 Å². The number of pyridine rings is 1. The first-order chi connectivity index (χ1) is 9.63. The maximum atomic E-state index is 6.43. The lowest BCUT2D eigenvalue weighted by Gasteiger charge is -2.20. The Kier molecular flexibility index (Phi) is 4.74. The molecule has 2 aromatic rings. The predicted octanol–water partition coefficient (Wildman–Crippen LogP) is 3.48. The van der Waals surface area contributed by atoms with E-state index in [1.54, 1.807) is 6.20 Å². The van der Waals surface area contributed by atoms with Crippen LogP contribution in [0.2, 0.25) is 0 Å². The van der Waals surface area contributed by atoms with Crippen molar-refractivity contribution in [3.8, 4) is 5.75 Å². The van der Waals surface area contributed by atoms with Gasteiger partial charge in [-0.05, 0) is 38.0 Å². The Morgan fingerprint density at radius 3 is 2.60 bits per heavy atom. The zero-order valence-electron chi connectivity index (χ0n) is 12.3. The van der Waals surface area contributed by atoms with Gasteiger partial charge in [0, 0.05) is 11.8 Å². The Labute approximate surface area is 120 Å². The zero-order chi connectivity index (χ0) is 14.5. The largest absolute Gasteiger partial charge is 0.491 e. The van der Waals surface area contributed by atoms with E-state index in [-0.39, 0.29) is 12.1 Å². The molecule has 1 heterocycles. The van der Waals surface area contributed by atoms with E-state index in [4.69, 9.17) is 10.5 Å². The van der Waals surface area contributed by atoms with Gasteiger partial charge in [-0.2, -0.15) is 0 Å². The normalized spacial score (nSPS) is 12.4. The Morgan fingerprint density at radius 1 is 1.15 bits per heavy atom. The van der Waals surface area contributed by atoms with E-state index in [9.17, 15) is 0 Å². The van der Waals surface area contributed by atoms with Crippen LogP contribution in [0.4, 0.5) is 0 Å². The SMILES string of the molecule is CCc1cccnc1C(N)c1ccccc1OC(C)C. The molecule has 0 amide bonds. The molecule has 0 aliphatic heterocycles. The average Bonchev–Trinajstić information content (AvgIpc) is 2.46. The maximum absolute atomic E-state index is 6.43. The fourth-order valence-corrected chi connectivity index (χ4v) is 2.28. The van der Waals surface area contributed by atoms with Crippen molar-refractivity contribution in [1.82, 2.24) is 4.98 Å². The molecule has 3 heteroatoms. The number of hydrogen-bond donors (Lipinski definition) is 1. The second kappa shape index (κ2) is 6.53. The molecule has 1 unspecified atom stereocenters. The smallest absolute Gasteiger partial charge is 0.124 e. The van der Waals surface area contributed by atoms with Crippen molar-refractivity contribution in [2.75, 3.05) is 0 Å².